The van der Waals surface area contributed by atoms with Crippen LogP contribution in [0.15, 0.2) is 0 Å². The van der Waals surface area contributed by atoms with Gasteiger partial charge in [-0.3, -0.25) is 0 Å². The first-order chi connectivity index (χ1) is 16.7. The van der Waals surface area contributed by atoms with Crippen LogP contribution in [0, 0.1) is 0 Å². The standard InChI is InChI=1S/C19H21F13O6/c1-7(33)4-36-11-14(21,22)10(20)15(23,24)12(17(11,27)28,37-5-8(2)34)19(31,32)13(16(10,25)26,18(11,29)30)38-6-9(3)35/h7-9,33-35H,4-6H2,1-3H3. The molecule has 0 heterocycles. The average molecular weight is 592 g/mol. The first kappa shape index (κ1) is 31.4. The Bertz CT molecular complexity index is 817. The number of aliphatic hydroxyl groups is 3. The first-order valence-electron chi connectivity index (χ1n) is 10.7. The maximum atomic E-state index is 15.9. The SMILES string of the molecule is CC(O)COC12C(F)(F)C3(F)C(F)(F)C(OCC(C)O)(C1(F)F)C(F)(F)C(OCC(C)O)(C3(F)F)C2(F)F. The largest absolute Gasteiger partial charge is 0.391 e. The van der Waals surface area contributed by atoms with Crippen molar-refractivity contribution in [2.45, 2.75) is 97.1 Å². The third-order valence-corrected chi connectivity index (χ3v) is 6.90. The molecular weight excluding hydrogens is 571 g/mol. The lowest BCUT2D eigenvalue weighted by molar-refractivity contribution is -0.640. The summed E-state index contributed by atoms with van der Waals surface area (Å²) in [4.78, 5) is 0. The molecule has 0 aromatic rings. The summed E-state index contributed by atoms with van der Waals surface area (Å²) in [5, 5.41) is 27.9. The van der Waals surface area contributed by atoms with Gasteiger partial charge in [-0.25, -0.2) is 4.39 Å². The van der Waals surface area contributed by atoms with E-state index >= 15 is 57.1 Å². The molecule has 224 valence electrons. The smallest absolute Gasteiger partial charge is 0.334 e. The number of hydrogen-bond donors (Lipinski definition) is 3. The van der Waals surface area contributed by atoms with Gasteiger partial charge in [0, 0.05) is 0 Å². The highest BCUT2D eigenvalue weighted by Crippen LogP contribution is 2.88. The van der Waals surface area contributed by atoms with Crippen LogP contribution in [-0.2, 0) is 14.2 Å². The van der Waals surface area contributed by atoms with Crippen LogP contribution in [0.2, 0.25) is 0 Å². The van der Waals surface area contributed by atoms with Crippen molar-refractivity contribution in [3.8, 4) is 0 Å². The number of rotatable bonds is 9. The first-order valence-corrected chi connectivity index (χ1v) is 10.7. The Morgan fingerprint density at radius 1 is 0.421 bits per heavy atom. The van der Waals surface area contributed by atoms with E-state index in [1.807, 2.05) is 0 Å². The summed E-state index contributed by atoms with van der Waals surface area (Å²) in [5.74, 6) is -43.8. The topological polar surface area (TPSA) is 88.4 Å². The van der Waals surface area contributed by atoms with Gasteiger partial charge in [0.1, 0.15) is 0 Å². The van der Waals surface area contributed by atoms with Crippen molar-refractivity contribution >= 4 is 0 Å². The zero-order valence-electron chi connectivity index (χ0n) is 19.3. The minimum absolute atomic E-state index is 0.497. The van der Waals surface area contributed by atoms with Gasteiger partial charge in [-0.2, -0.15) is 52.7 Å². The van der Waals surface area contributed by atoms with Crippen molar-refractivity contribution in [1.82, 2.24) is 0 Å². The van der Waals surface area contributed by atoms with E-state index in [0.29, 0.717) is 20.8 Å². The summed E-state index contributed by atoms with van der Waals surface area (Å²) in [6, 6.07) is 0. The zero-order chi connectivity index (χ0) is 30.0. The number of aliphatic hydroxyl groups excluding tert-OH is 3. The highest BCUT2D eigenvalue weighted by Gasteiger charge is 3.22. The maximum Gasteiger partial charge on any atom is 0.334 e. The lowest BCUT2D eigenvalue weighted by Crippen LogP contribution is -3.12. The zero-order valence-corrected chi connectivity index (χ0v) is 19.3. The van der Waals surface area contributed by atoms with Crippen molar-refractivity contribution in [3.63, 3.8) is 0 Å². The molecule has 4 aliphatic carbocycles. The van der Waals surface area contributed by atoms with Gasteiger partial charge in [-0.05, 0) is 20.8 Å². The molecule has 38 heavy (non-hydrogen) atoms. The van der Waals surface area contributed by atoms with Gasteiger partial charge in [0.05, 0.1) is 38.1 Å². The quantitative estimate of drug-likeness (QED) is 0.357. The highest BCUT2D eigenvalue weighted by molar-refractivity contribution is 5.55. The molecule has 0 aliphatic heterocycles. The van der Waals surface area contributed by atoms with Crippen LogP contribution in [0.3, 0.4) is 0 Å². The van der Waals surface area contributed by atoms with Gasteiger partial charge in [0.25, 0.3) is 16.8 Å². The number of hydrogen-bond acceptors (Lipinski definition) is 6. The van der Waals surface area contributed by atoms with Crippen LogP contribution in [0.1, 0.15) is 20.8 Å². The van der Waals surface area contributed by atoms with Crippen molar-refractivity contribution in [3.05, 3.63) is 0 Å². The van der Waals surface area contributed by atoms with E-state index in [-0.39, 0.29) is 0 Å². The lowest BCUT2D eigenvalue weighted by Gasteiger charge is -2.77. The minimum Gasteiger partial charge on any atom is -0.391 e. The molecule has 4 rings (SSSR count). The Labute approximate surface area is 204 Å². The summed E-state index contributed by atoms with van der Waals surface area (Å²) in [5.41, 5.74) is -27.3. The Hall–Kier alpha value is -1.15. The molecule has 3 N–H and O–H groups in total. The Balaban J connectivity index is 2.67. The monoisotopic (exact) mass is 592 g/mol. The fraction of sp³-hybridized carbons (Fsp3) is 1.00. The summed E-state index contributed by atoms with van der Waals surface area (Å²) >= 11 is 0. The molecule has 4 bridgehead atoms. The molecular formula is C19H21F13O6. The Morgan fingerprint density at radius 2 is 0.605 bits per heavy atom. The van der Waals surface area contributed by atoms with Gasteiger partial charge < -0.3 is 29.5 Å². The minimum atomic E-state index is -7.42. The molecule has 3 atom stereocenters. The number of alkyl halides is 13. The molecule has 3 unspecified atom stereocenters. The Morgan fingerprint density at radius 3 is 0.763 bits per heavy atom. The highest BCUT2D eigenvalue weighted by atomic mass is 19.3. The van der Waals surface area contributed by atoms with Crippen molar-refractivity contribution in [2.75, 3.05) is 19.8 Å². The van der Waals surface area contributed by atoms with Crippen molar-refractivity contribution in [2.24, 2.45) is 0 Å². The summed E-state index contributed by atoms with van der Waals surface area (Å²) in [6.45, 7) is -4.97. The third-order valence-electron chi connectivity index (χ3n) is 6.90. The van der Waals surface area contributed by atoms with Gasteiger partial charge in [0.2, 0.25) is 0 Å². The fourth-order valence-electron chi connectivity index (χ4n) is 5.39. The van der Waals surface area contributed by atoms with Crippen molar-refractivity contribution < 1.29 is 86.6 Å². The molecule has 6 nitrogen and oxygen atoms in total. The third kappa shape index (κ3) is 2.56. The predicted molar refractivity (Wildman–Crippen MR) is 94.6 cm³/mol. The summed E-state index contributed by atoms with van der Waals surface area (Å²) in [7, 11) is 0. The number of halogens is 13. The second-order valence-electron chi connectivity index (χ2n) is 9.63. The molecule has 0 saturated heterocycles. The van der Waals surface area contributed by atoms with Crippen LogP contribution in [0.25, 0.3) is 0 Å². The second kappa shape index (κ2) is 7.98. The van der Waals surface area contributed by atoms with Crippen LogP contribution >= 0.6 is 0 Å². The molecule has 4 saturated carbocycles. The van der Waals surface area contributed by atoms with Gasteiger partial charge >= 0.3 is 41.2 Å². The molecule has 0 spiro atoms. The molecule has 4 aliphatic rings. The van der Waals surface area contributed by atoms with E-state index in [1.165, 1.54) is 0 Å². The summed E-state index contributed by atoms with van der Waals surface area (Å²) < 4.78 is 215. The molecule has 19 heteroatoms. The van der Waals surface area contributed by atoms with E-state index in [1.54, 1.807) is 0 Å². The molecule has 0 amide bonds. The van der Waals surface area contributed by atoms with Gasteiger partial charge in [-0.15, -0.1) is 0 Å². The maximum absolute atomic E-state index is 15.9. The molecule has 0 aromatic carbocycles. The average Bonchev–Trinajstić information content (AvgIpc) is 2.69. The van der Waals surface area contributed by atoms with E-state index in [2.05, 4.69) is 14.2 Å². The van der Waals surface area contributed by atoms with Crippen LogP contribution in [-0.4, -0.2) is 111 Å². The van der Waals surface area contributed by atoms with E-state index < -0.39 is 96.1 Å². The normalized spacial score (nSPS) is 43.0. The van der Waals surface area contributed by atoms with E-state index in [9.17, 15) is 15.3 Å². The molecule has 0 aromatic heterocycles. The van der Waals surface area contributed by atoms with Crippen LogP contribution in [0.5, 0.6) is 0 Å². The van der Waals surface area contributed by atoms with Crippen LogP contribution in [0.4, 0.5) is 57.1 Å². The van der Waals surface area contributed by atoms with E-state index in [0.717, 1.165) is 0 Å². The van der Waals surface area contributed by atoms with E-state index in [4.69, 9.17) is 0 Å². The Kier molecular flexibility index (Phi) is 6.59. The van der Waals surface area contributed by atoms with Gasteiger partial charge in [0.15, 0.2) is 0 Å². The second-order valence-corrected chi connectivity index (χ2v) is 9.63. The van der Waals surface area contributed by atoms with Crippen LogP contribution < -0.4 is 0 Å². The summed E-state index contributed by atoms with van der Waals surface area (Å²) in [6.07, 6.45) is -6.98. The number of ether oxygens (including phenoxy) is 3. The molecule has 0 radical (unpaired) electrons. The predicted octanol–water partition coefficient (Wildman–Crippen LogP) is 2.96. The molecule has 4 fully saturated rings. The fourth-order valence-corrected chi connectivity index (χ4v) is 5.39. The van der Waals surface area contributed by atoms with Crippen molar-refractivity contribution in [1.29, 1.82) is 0 Å². The van der Waals surface area contributed by atoms with Gasteiger partial charge in [-0.1, -0.05) is 0 Å². The lowest BCUT2D eigenvalue weighted by atomic mass is 9.38.